The molecule has 3 rings (SSSR count). The molecular formula is C16H20ClN5. The van der Waals surface area contributed by atoms with Crippen molar-refractivity contribution in [3.63, 3.8) is 0 Å². The topological polar surface area (TPSA) is 53.9 Å². The predicted octanol–water partition coefficient (Wildman–Crippen LogP) is 2.63. The van der Waals surface area contributed by atoms with Gasteiger partial charge >= 0.3 is 0 Å². The maximum absolute atomic E-state index is 6.21. The second-order valence-electron chi connectivity index (χ2n) is 5.86. The van der Waals surface area contributed by atoms with E-state index in [2.05, 4.69) is 34.0 Å². The average Bonchev–Trinajstić information content (AvgIpc) is 2.55. The minimum absolute atomic E-state index is 0.465. The first kappa shape index (κ1) is 15.2. The number of halogens is 1. The standard InChI is InChI=1S/C16H20ClN5/c1-11(2)13-10-22(8-7-19-13)15-9-14(17)20-16(21-15)12-3-5-18-6-4-12/h3-6,9,11,13,19H,7-8,10H2,1-2H3/t13-/m1/s1. The van der Waals surface area contributed by atoms with Crippen LogP contribution < -0.4 is 10.2 Å². The van der Waals surface area contributed by atoms with Crippen LogP contribution in [0.5, 0.6) is 0 Å². The fourth-order valence-electron chi connectivity index (χ4n) is 2.63. The second kappa shape index (κ2) is 6.58. The molecule has 0 spiro atoms. The minimum Gasteiger partial charge on any atom is -0.354 e. The highest BCUT2D eigenvalue weighted by molar-refractivity contribution is 6.29. The number of nitrogens with one attached hydrogen (secondary N) is 1. The summed E-state index contributed by atoms with van der Waals surface area (Å²) in [5.41, 5.74) is 0.925. The number of aromatic nitrogens is 3. The Morgan fingerprint density at radius 3 is 2.77 bits per heavy atom. The van der Waals surface area contributed by atoms with Gasteiger partial charge in [-0.05, 0) is 18.1 Å². The monoisotopic (exact) mass is 317 g/mol. The molecule has 0 unspecified atom stereocenters. The van der Waals surface area contributed by atoms with Crippen molar-refractivity contribution in [2.75, 3.05) is 24.5 Å². The van der Waals surface area contributed by atoms with Gasteiger partial charge in [-0.25, -0.2) is 9.97 Å². The zero-order valence-corrected chi connectivity index (χ0v) is 13.6. The van der Waals surface area contributed by atoms with Gasteiger partial charge in [0.1, 0.15) is 11.0 Å². The van der Waals surface area contributed by atoms with Crippen molar-refractivity contribution in [1.82, 2.24) is 20.3 Å². The lowest BCUT2D eigenvalue weighted by molar-refractivity contribution is 0.367. The van der Waals surface area contributed by atoms with Crippen LogP contribution in [0.4, 0.5) is 5.82 Å². The third kappa shape index (κ3) is 3.36. The van der Waals surface area contributed by atoms with Crippen LogP contribution in [-0.2, 0) is 0 Å². The molecule has 1 fully saturated rings. The van der Waals surface area contributed by atoms with Gasteiger partial charge in [-0.3, -0.25) is 4.98 Å². The van der Waals surface area contributed by atoms with Crippen LogP contribution in [0.1, 0.15) is 13.8 Å². The van der Waals surface area contributed by atoms with Gasteiger partial charge in [-0.15, -0.1) is 0 Å². The highest BCUT2D eigenvalue weighted by Crippen LogP contribution is 2.23. The van der Waals surface area contributed by atoms with E-state index in [1.807, 2.05) is 18.2 Å². The van der Waals surface area contributed by atoms with E-state index in [1.165, 1.54) is 0 Å². The van der Waals surface area contributed by atoms with Gasteiger partial charge in [0.25, 0.3) is 0 Å². The third-order valence-corrected chi connectivity index (χ3v) is 4.15. The molecule has 1 aliphatic heterocycles. The molecule has 0 aliphatic carbocycles. The molecule has 2 aromatic heterocycles. The van der Waals surface area contributed by atoms with Crippen LogP contribution in [0, 0.1) is 5.92 Å². The molecule has 1 N–H and O–H groups in total. The van der Waals surface area contributed by atoms with Gasteiger partial charge in [-0.2, -0.15) is 0 Å². The predicted molar refractivity (Wildman–Crippen MR) is 89.1 cm³/mol. The first-order chi connectivity index (χ1) is 10.6. The lowest BCUT2D eigenvalue weighted by Crippen LogP contribution is -2.53. The number of hydrogen-bond acceptors (Lipinski definition) is 5. The van der Waals surface area contributed by atoms with Crippen molar-refractivity contribution in [3.8, 4) is 11.4 Å². The largest absolute Gasteiger partial charge is 0.354 e. The molecule has 116 valence electrons. The molecule has 1 aliphatic rings. The molecule has 0 saturated carbocycles. The van der Waals surface area contributed by atoms with Crippen molar-refractivity contribution >= 4 is 17.4 Å². The Balaban J connectivity index is 1.89. The van der Waals surface area contributed by atoms with E-state index in [0.29, 0.717) is 22.9 Å². The van der Waals surface area contributed by atoms with Gasteiger partial charge in [0, 0.05) is 49.7 Å². The summed E-state index contributed by atoms with van der Waals surface area (Å²) >= 11 is 6.21. The van der Waals surface area contributed by atoms with Crippen molar-refractivity contribution in [2.45, 2.75) is 19.9 Å². The number of piperazine rings is 1. The SMILES string of the molecule is CC(C)[C@H]1CN(c2cc(Cl)nc(-c3ccncc3)n2)CCN1. The smallest absolute Gasteiger partial charge is 0.163 e. The highest BCUT2D eigenvalue weighted by atomic mass is 35.5. The minimum atomic E-state index is 0.465. The summed E-state index contributed by atoms with van der Waals surface area (Å²) in [6.07, 6.45) is 3.47. The summed E-state index contributed by atoms with van der Waals surface area (Å²) in [7, 11) is 0. The lowest BCUT2D eigenvalue weighted by atomic mass is 10.0. The van der Waals surface area contributed by atoms with Gasteiger partial charge in [0.15, 0.2) is 5.82 Å². The van der Waals surface area contributed by atoms with E-state index >= 15 is 0 Å². The molecule has 22 heavy (non-hydrogen) atoms. The van der Waals surface area contributed by atoms with Crippen LogP contribution in [0.3, 0.4) is 0 Å². The van der Waals surface area contributed by atoms with Gasteiger partial charge < -0.3 is 10.2 Å². The average molecular weight is 318 g/mol. The fourth-order valence-corrected chi connectivity index (χ4v) is 2.81. The van der Waals surface area contributed by atoms with E-state index in [0.717, 1.165) is 31.0 Å². The maximum Gasteiger partial charge on any atom is 0.163 e. The molecule has 2 aromatic rings. The zero-order valence-electron chi connectivity index (χ0n) is 12.8. The molecule has 0 bridgehead atoms. The van der Waals surface area contributed by atoms with E-state index in [1.54, 1.807) is 12.4 Å². The van der Waals surface area contributed by atoms with E-state index < -0.39 is 0 Å². The van der Waals surface area contributed by atoms with E-state index in [4.69, 9.17) is 16.6 Å². The molecule has 3 heterocycles. The van der Waals surface area contributed by atoms with Crippen molar-refractivity contribution < 1.29 is 0 Å². The van der Waals surface area contributed by atoms with Crippen molar-refractivity contribution in [2.24, 2.45) is 5.92 Å². The van der Waals surface area contributed by atoms with Crippen molar-refractivity contribution in [3.05, 3.63) is 35.7 Å². The highest BCUT2D eigenvalue weighted by Gasteiger charge is 2.23. The summed E-state index contributed by atoms with van der Waals surface area (Å²) in [5, 5.41) is 4.02. The molecular weight excluding hydrogens is 298 g/mol. The first-order valence-corrected chi connectivity index (χ1v) is 7.94. The fraction of sp³-hybridized carbons (Fsp3) is 0.438. The van der Waals surface area contributed by atoms with Gasteiger partial charge in [-0.1, -0.05) is 25.4 Å². The Morgan fingerprint density at radius 1 is 1.27 bits per heavy atom. The number of pyridine rings is 1. The number of hydrogen-bond donors (Lipinski definition) is 1. The Kier molecular flexibility index (Phi) is 4.55. The van der Waals surface area contributed by atoms with Gasteiger partial charge in [0.2, 0.25) is 0 Å². The lowest BCUT2D eigenvalue weighted by Gasteiger charge is -2.36. The number of rotatable bonds is 3. The third-order valence-electron chi connectivity index (χ3n) is 3.95. The summed E-state index contributed by atoms with van der Waals surface area (Å²) in [6, 6.07) is 6.09. The normalized spacial score (nSPS) is 18.7. The first-order valence-electron chi connectivity index (χ1n) is 7.57. The second-order valence-corrected chi connectivity index (χ2v) is 6.25. The van der Waals surface area contributed by atoms with E-state index in [-0.39, 0.29) is 0 Å². The maximum atomic E-state index is 6.21. The van der Waals surface area contributed by atoms with Crippen LogP contribution in [-0.4, -0.2) is 40.6 Å². The molecule has 0 radical (unpaired) electrons. The summed E-state index contributed by atoms with van der Waals surface area (Å²) in [6.45, 7) is 7.27. The Bertz CT molecular complexity index is 632. The molecule has 6 heteroatoms. The Labute approximate surface area is 135 Å². The summed E-state index contributed by atoms with van der Waals surface area (Å²) in [4.78, 5) is 15.3. The van der Waals surface area contributed by atoms with Crippen LogP contribution in [0.25, 0.3) is 11.4 Å². The molecule has 1 saturated heterocycles. The number of anilines is 1. The molecule has 5 nitrogen and oxygen atoms in total. The molecule has 0 aromatic carbocycles. The Morgan fingerprint density at radius 2 is 2.05 bits per heavy atom. The quantitative estimate of drug-likeness (QED) is 0.882. The van der Waals surface area contributed by atoms with Crippen LogP contribution >= 0.6 is 11.6 Å². The van der Waals surface area contributed by atoms with Gasteiger partial charge in [0.05, 0.1) is 0 Å². The molecule has 0 amide bonds. The van der Waals surface area contributed by atoms with Crippen molar-refractivity contribution in [1.29, 1.82) is 0 Å². The summed E-state index contributed by atoms with van der Waals surface area (Å²) < 4.78 is 0. The molecule has 1 atom stereocenters. The Hall–Kier alpha value is -1.72. The summed E-state index contributed by atoms with van der Waals surface area (Å²) in [5.74, 6) is 2.11. The zero-order chi connectivity index (χ0) is 15.5. The number of nitrogens with zero attached hydrogens (tertiary/aromatic N) is 4. The van der Waals surface area contributed by atoms with Crippen LogP contribution in [0.2, 0.25) is 5.15 Å². The van der Waals surface area contributed by atoms with E-state index in [9.17, 15) is 0 Å². The van der Waals surface area contributed by atoms with Crippen LogP contribution in [0.15, 0.2) is 30.6 Å².